The lowest BCUT2D eigenvalue weighted by atomic mass is 10.1. The number of ether oxygens (including phenoxy) is 1. The van der Waals surface area contributed by atoms with Gasteiger partial charge in [-0.05, 0) is 55.6 Å². The molecular formula is C24H19F3N4OS. The Morgan fingerprint density at radius 3 is 2.39 bits per heavy atom. The summed E-state index contributed by atoms with van der Waals surface area (Å²) in [7, 11) is 1.51. The minimum atomic E-state index is -4.61. The zero-order valence-corrected chi connectivity index (χ0v) is 18.8. The van der Waals surface area contributed by atoms with E-state index < -0.39 is 11.9 Å². The van der Waals surface area contributed by atoms with Crippen molar-refractivity contribution < 1.29 is 17.9 Å². The van der Waals surface area contributed by atoms with Crippen LogP contribution >= 0.6 is 11.3 Å². The molecule has 0 saturated carbocycles. The summed E-state index contributed by atoms with van der Waals surface area (Å²) < 4.78 is 50.2. The predicted molar refractivity (Wildman–Crippen MR) is 122 cm³/mol. The van der Waals surface area contributed by atoms with E-state index in [1.54, 1.807) is 30.3 Å². The Labute approximate surface area is 191 Å². The van der Waals surface area contributed by atoms with Gasteiger partial charge >= 0.3 is 6.18 Å². The molecule has 0 aliphatic rings. The van der Waals surface area contributed by atoms with Crippen LogP contribution in [0.4, 0.5) is 13.2 Å². The van der Waals surface area contributed by atoms with Crippen molar-refractivity contribution in [3.8, 4) is 33.3 Å². The molecule has 5 nitrogen and oxygen atoms in total. The first-order chi connectivity index (χ1) is 15.8. The normalized spacial score (nSPS) is 11.9. The molecule has 33 heavy (non-hydrogen) atoms. The number of rotatable bonds is 4. The quantitative estimate of drug-likeness (QED) is 0.300. The summed E-state index contributed by atoms with van der Waals surface area (Å²) in [6.45, 7) is 3.98. The van der Waals surface area contributed by atoms with Crippen LogP contribution in [0.2, 0.25) is 0 Å². The Kier molecular flexibility index (Phi) is 5.01. The topological polar surface area (TPSA) is 44.4 Å². The van der Waals surface area contributed by atoms with Gasteiger partial charge in [0.25, 0.3) is 0 Å². The number of aromatic nitrogens is 4. The van der Waals surface area contributed by atoms with Crippen LogP contribution in [0.1, 0.15) is 17.1 Å². The van der Waals surface area contributed by atoms with Gasteiger partial charge in [-0.15, -0.1) is 11.3 Å². The zero-order valence-electron chi connectivity index (χ0n) is 18.0. The second-order valence-corrected chi connectivity index (χ2v) is 8.56. The van der Waals surface area contributed by atoms with Crippen molar-refractivity contribution >= 4 is 17.0 Å². The van der Waals surface area contributed by atoms with Gasteiger partial charge < -0.3 is 9.30 Å². The number of aryl methyl sites for hydroxylation is 2. The van der Waals surface area contributed by atoms with Gasteiger partial charge in [0.05, 0.1) is 23.4 Å². The Balaban J connectivity index is 1.71. The molecule has 0 unspecified atom stereocenters. The second kappa shape index (κ2) is 7.77. The number of hydrogen-bond donors (Lipinski definition) is 0. The van der Waals surface area contributed by atoms with E-state index in [0.29, 0.717) is 17.0 Å². The highest BCUT2D eigenvalue weighted by Gasteiger charge is 2.35. The third-order valence-electron chi connectivity index (χ3n) is 5.47. The van der Waals surface area contributed by atoms with E-state index in [1.807, 2.05) is 37.4 Å². The molecule has 168 valence electrons. The van der Waals surface area contributed by atoms with Crippen molar-refractivity contribution in [3.05, 3.63) is 77.1 Å². The summed E-state index contributed by atoms with van der Waals surface area (Å²) in [6, 6.07) is 15.4. The van der Waals surface area contributed by atoms with E-state index >= 15 is 0 Å². The van der Waals surface area contributed by atoms with Crippen LogP contribution < -0.4 is 4.74 Å². The van der Waals surface area contributed by atoms with Gasteiger partial charge in [-0.1, -0.05) is 12.1 Å². The number of methoxy groups -OCH3 is 1. The molecule has 0 radical (unpaired) electrons. The summed E-state index contributed by atoms with van der Waals surface area (Å²) in [5, 5.41) is 6.24. The number of halogens is 3. The standard InChI is InChI=1S/C24H19F3N4OS/c1-14-7-8-15(2)30(14)20-9-10-33-23(20)19-13-22-28-18(16-5-4-6-17(11-16)32-3)12-21(24(25,26)27)31(22)29-19/h4-13H,1-3H3. The number of benzene rings is 1. The van der Waals surface area contributed by atoms with E-state index in [1.165, 1.54) is 18.4 Å². The molecule has 0 atom stereocenters. The van der Waals surface area contributed by atoms with Crippen molar-refractivity contribution in [2.24, 2.45) is 0 Å². The summed E-state index contributed by atoms with van der Waals surface area (Å²) in [6.07, 6.45) is -4.61. The number of nitrogens with zero attached hydrogens (tertiary/aromatic N) is 4. The van der Waals surface area contributed by atoms with Gasteiger partial charge in [-0.2, -0.15) is 18.3 Å². The summed E-state index contributed by atoms with van der Waals surface area (Å²) >= 11 is 1.43. The van der Waals surface area contributed by atoms with Gasteiger partial charge in [-0.25, -0.2) is 9.50 Å². The van der Waals surface area contributed by atoms with Crippen LogP contribution in [0.15, 0.2) is 60.0 Å². The molecule has 1 aromatic carbocycles. The average molecular weight is 469 g/mol. The molecule has 0 aliphatic carbocycles. The molecule has 4 aromatic heterocycles. The highest BCUT2D eigenvalue weighted by Crippen LogP contribution is 2.37. The Morgan fingerprint density at radius 2 is 1.70 bits per heavy atom. The van der Waals surface area contributed by atoms with E-state index in [-0.39, 0.29) is 11.3 Å². The molecule has 0 fully saturated rings. The first kappa shape index (κ1) is 21.3. The number of alkyl halides is 3. The number of fused-ring (bicyclic) bond motifs is 1. The lowest BCUT2D eigenvalue weighted by Gasteiger charge is -2.11. The minimum absolute atomic E-state index is 0.123. The van der Waals surface area contributed by atoms with E-state index in [4.69, 9.17) is 4.74 Å². The van der Waals surface area contributed by atoms with Crippen molar-refractivity contribution in [1.82, 2.24) is 19.2 Å². The molecule has 5 rings (SSSR count). The van der Waals surface area contributed by atoms with Crippen molar-refractivity contribution in [1.29, 1.82) is 0 Å². The summed E-state index contributed by atoms with van der Waals surface area (Å²) in [5.74, 6) is 0.539. The molecule has 0 spiro atoms. The molecule has 0 amide bonds. The molecule has 0 N–H and O–H groups in total. The van der Waals surface area contributed by atoms with E-state index in [9.17, 15) is 13.2 Å². The first-order valence-electron chi connectivity index (χ1n) is 10.1. The maximum absolute atomic E-state index is 14.0. The van der Waals surface area contributed by atoms with Crippen LogP contribution in [0.25, 0.3) is 33.2 Å². The van der Waals surface area contributed by atoms with Crippen LogP contribution in [0, 0.1) is 13.8 Å². The van der Waals surface area contributed by atoms with Crippen LogP contribution in [0.5, 0.6) is 5.75 Å². The lowest BCUT2D eigenvalue weighted by molar-refractivity contribution is -0.142. The van der Waals surface area contributed by atoms with Gasteiger partial charge in [0, 0.05) is 23.0 Å². The van der Waals surface area contributed by atoms with Crippen LogP contribution in [0.3, 0.4) is 0 Å². The van der Waals surface area contributed by atoms with Gasteiger partial charge in [-0.3, -0.25) is 0 Å². The second-order valence-electron chi connectivity index (χ2n) is 7.64. The van der Waals surface area contributed by atoms with Gasteiger partial charge in [0.15, 0.2) is 11.3 Å². The van der Waals surface area contributed by atoms with Gasteiger partial charge in [0.2, 0.25) is 0 Å². The molecule has 0 aliphatic heterocycles. The summed E-state index contributed by atoms with van der Waals surface area (Å²) in [5.41, 5.74) is 3.35. The predicted octanol–water partition coefficient (Wildman–Crippen LogP) is 6.56. The Morgan fingerprint density at radius 1 is 0.939 bits per heavy atom. The fourth-order valence-electron chi connectivity index (χ4n) is 3.94. The zero-order chi connectivity index (χ0) is 23.3. The molecular weight excluding hydrogens is 449 g/mol. The maximum Gasteiger partial charge on any atom is 0.433 e. The highest BCUT2D eigenvalue weighted by molar-refractivity contribution is 7.14. The Bertz CT molecular complexity index is 1460. The molecule has 0 bridgehead atoms. The third kappa shape index (κ3) is 3.68. The molecule has 5 aromatic rings. The van der Waals surface area contributed by atoms with Gasteiger partial charge in [0.1, 0.15) is 11.4 Å². The summed E-state index contributed by atoms with van der Waals surface area (Å²) in [4.78, 5) is 5.27. The Hall–Kier alpha value is -3.59. The minimum Gasteiger partial charge on any atom is -0.497 e. The van der Waals surface area contributed by atoms with E-state index in [2.05, 4.69) is 14.6 Å². The first-order valence-corrected chi connectivity index (χ1v) is 11.0. The monoisotopic (exact) mass is 468 g/mol. The van der Waals surface area contributed by atoms with Crippen molar-refractivity contribution in [2.75, 3.05) is 7.11 Å². The highest BCUT2D eigenvalue weighted by atomic mass is 32.1. The third-order valence-corrected chi connectivity index (χ3v) is 6.40. The molecule has 9 heteroatoms. The number of thiophene rings is 1. The van der Waals surface area contributed by atoms with Crippen LogP contribution in [-0.4, -0.2) is 26.3 Å². The SMILES string of the molecule is COc1cccc(-c2cc(C(F)(F)F)n3nc(-c4sccc4-n4c(C)ccc4C)cc3n2)c1. The lowest BCUT2D eigenvalue weighted by Crippen LogP contribution is -2.13. The largest absolute Gasteiger partial charge is 0.497 e. The fourth-order valence-corrected chi connectivity index (χ4v) is 4.77. The van der Waals surface area contributed by atoms with Crippen molar-refractivity contribution in [2.45, 2.75) is 20.0 Å². The average Bonchev–Trinajstić information content (AvgIpc) is 3.50. The van der Waals surface area contributed by atoms with E-state index in [0.717, 1.165) is 32.5 Å². The fraction of sp³-hybridized carbons (Fsp3) is 0.167. The van der Waals surface area contributed by atoms with Crippen molar-refractivity contribution in [3.63, 3.8) is 0 Å². The molecule has 0 saturated heterocycles. The maximum atomic E-state index is 14.0. The smallest absolute Gasteiger partial charge is 0.433 e. The molecule has 4 heterocycles. The van der Waals surface area contributed by atoms with Crippen LogP contribution in [-0.2, 0) is 6.18 Å². The number of hydrogen-bond acceptors (Lipinski definition) is 4.